The molecule has 21 heavy (non-hydrogen) atoms. The van der Waals surface area contributed by atoms with Gasteiger partial charge in [0.2, 0.25) is 0 Å². The molecule has 0 spiro atoms. The van der Waals surface area contributed by atoms with Crippen LogP contribution < -0.4 is 20.7 Å². The highest BCUT2D eigenvalue weighted by molar-refractivity contribution is 9.10. The first-order chi connectivity index (χ1) is 9.96. The maximum absolute atomic E-state index is 12.2. The molecule has 1 heterocycles. The minimum absolute atomic E-state index is 0.0309. The van der Waals surface area contributed by atoms with Crippen molar-refractivity contribution < 1.29 is 13.2 Å². The molecule has 7 nitrogen and oxygen atoms in total. The molecule has 0 amide bonds. The van der Waals surface area contributed by atoms with Gasteiger partial charge in [-0.3, -0.25) is 4.72 Å². The minimum atomic E-state index is -3.73. The molecule has 0 unspecified atom stereocenters. The van der Waals surface area contributed by atoms with Gasteiger partial charge in [-0.2, -0.15) is 0 Å². The molecule has 1 aromatic heterocycles. The van der Waals surface area contributed by atoms with Crippen LogP contribution in [0.15, 0.2) is 45.9 Å². The lowest BCUT2D eigenvalue weighted by Gasteiger charge is -2.10. The number of sulfonamides is 1. The molecule has 0 saturated heterocycles. The Labute approximate surface area is 130 Å². The molecule has 2 rings (SSSR count). The fourth-order valence-corrected chi connectivity index (χ4v) is 2.96. The van der Waals surface area contributed by atoms with E-state index in [1.165, 1.54) is 25.4 Å². The molecule has 0 aliphatic carbocycles. The molecular weight excluding hydrogens is 360 g/mol. The van der Waals surface area contributed by atoms with E-state index in [9.17, 15) is 8.42 Å². The highest BCUT2D eigenvalue weighted by Gasteiger charge is 2.15. The Morgan fingerprint density at radius 3 is 2.62 bits per heavy atom. The molecule has 0 aliphatic heterocycles. The summed E-state index contributed by atoms with van der Waals surface area (Å²) in [5.74, 6) is 6.08. The average molecular weight is 373 g/mol. The standard InChI is InChI=1S/C12H13BrN4O3S/c1-20-11-6-8(2-4-10(11)13)17-21(18,19)9-3-5-12(16-14)15-7-9/h2-7,17H,14H2,1H3,(H,15,16). The Morgan fingerprint density at radius 1 is 1.29 bits per heavy atom. The van der Waals surface area contributed by atoms with E-state index in [0.717, 1.165) is 4.47 Å². The van der Waals surface area contributed by atoms with E-state index in [4.69, 9.17) is 10.6 Å². The molecule has 0 atom stereocenters. The number of ether oxygens (including phenoxy) is 1. The lowest BCUT2D eigenvalue weighted by molar-refractivity contribution is 0.412. The number of benzene rings is 1. The van der Waals surface area contributed by atoms with Gasteiger partial charge in [-0.15, -0.1) is 0 Å². The normalized spacial score (nSPS) is 11.0. The van der Waals surface area contributed by atoms with Gasteiger partial charge in [0.1, 0.15) is 16.5 Å². The average Bonchev–Trinajstić information content (AvgIpc) is 2.49. The van der Waals surface area contributed by atoms with Crippen LogP contribution in [0.1, 0.15) is 0 Å². The van der Waals surface area contributed by atoms with E-state index < -0.39 is 10.0 Å². The van der Waals surface area contributed by atoms with Crippen LogP contribution in [0.25, 0.3) is 0 Å². The number of pyridine rings is 1. The molecule has 2 aromatic rings. The summed E-state index contributed by atoms with van der Waals surface area (Å²) in [5.41, 5.74) is 2.71. The number of hydrazine groups is 1. The van der Waals surface area contributed by atoms with Gasteiger partial charge in [-0.1, -0.05) is 0 Å². The molecule has 0 bridgehead atoms. The molecular formula is C12H13BrN4O3S. The Kier molecular flexibility index (Phi) is 4.66. The predicted molar refractivity (Wildman–Crippen MR) is 83.5 cm³/mol. The van der Waals surface area contributed by atoms with E-state index >= 15 is 0 Å². The number of nitrogens with one attached hydrogen (secondary N) is 2. The van der Waals surface area contributed by atoms with E-state index in [0.29, 0.717) is 17.3 Å². The molecule has 112 valence electrons. The smallest absolute Gasteiger partial charge is 0.263 e. The van der Waals surface area contributed by atoms with Crippen LogP contribution in [0.5, 0.6) is 5.75 Å². The van der Waals surface area contributed by atoms with Crippen LogP contribution in [0, 0.1) is 0 Å². The Hall–Kier alpha value is -1.84. The van der Waals surface area contributed by atoms with Crippen LogP contribution in [-0.4, -0.2) is 20.5 Å². The van der Waals surface area contributed by atoms with Gasteiger partial charge >= 0.3 is 0 Å². The summed E-state index contributed by atoms with van der Waals surface area (Å²) in [6, 6.07) is 7.76. The molecule has 0 fully saturated rings. The fourth-order valence-electron chi connectivity index (χ4n) is 1.56. The van der Waals surface area contributed by atoms with Gasteiger partial charge < -0.3 is 10.2 Å². The Bertz CT molecular complexity index is 735. The van der Waals surface area contributed by atoms with Crippen molar-refractivity contribution in [2.75, 3.05) is 17.3 Å². The highest BCUT2D eigenvalue weighted by Crippen LogP contribution is 2.28. The predicted octanol–water partition coefficient (Wildman–Crippen LogP) is 1.94. The number of hydrogen-bond donors (Lipinski definition) is 3. The quantitative estimate of drug-likeness (QED) is 0.546. The third-order valence-corrected chi connectivity index (χ3v) is 4.62. The van der Waals surface area contributed by atoms with Crippen molar-refractivity contribution in [1.29, 1.82) is 0 Å². The first-order valence-electron chi connectivity index (χ1n) is 5.75. The van der Waals surface area contributed by atoms with E-state index in [1.54, 1.807) is 18.2 Å². The van der Waals surface area contributed by atoms with Crippen molar-refractivity contribution in [1.82, 2.24) is 4.98 Å². The van der Waals surface area contributed by atoms with Crippen molar-refractivity contribution in [3.63, 3.8) is 0 Å². The van der Waals surface area contributed by atoms with Crippen LogP contribution in [0.4, 0.5) is 11.5 Å². The summed E-state index contributed by atoms with van der Waals surface area (Å²) in [6.45, 7) is 0. The summed E-state index contributed by atoms with van der Waals surface area (Å²) >= 11 is 3.30. The van der Waals surface area contributed by atoms with Gasteiger partial charge in [0.05, 0.1) is 17.3 Å². The Morgan fingerprint density at radius 2 is 2.05 bits per heavy atom. The van der Waals surface area contributed by atoms with Crippen molar-refractivity contribution >= 4 is 37.5 Å². The lowest BCUT2D eigenvalue weighted by atomic mass is 10.3. The van der Waals surface area contributed by atoms with Gasteiger partial charge in [-0.05, 0) is 40.2 Å². The van der Waals surface area contributed by atoms with E-state index in [-0.39, 0.29) is 4.90 Å². The van der Waals surface area contributed by atoms with Crippen molar-refractivity contribution in [2.45, 2.75) is 4.90 Å². The van der Waals surface area contributed by atoms with Crippen molar-refractivity contribution in [3.05, 3.63) is 41.0 Å². The zero-order chi connectivity index (χ0) is 15.5. The van der Waals surface area contributed by atoms with Gasteiger partial charge in [0, 0.05) is 12.3 Å². The maximum Gasteiger partial charge on any atom is 0.263 e. The second-order valence-electron chi connectivity index (χ2n) is 3.98. The topological polar surface area (TPSA) is 106 Å². The number of halogens is 1. The number of hydrogen-bond acceptors (Lipinski definition) is 6. The van der Waals surface area contributed by atoms with Crippen molar-refractivity contribution in [2.24, 2.45) is 5.84 Å². The maximum atomic E-state index is 12.2. The first kappa shape index (κ1) is 15.5. The number of methoxy groups -OCH3 is 1. The SMILES string of the molecule is COc1cc(NS(=O)(=O)c2ccc(NN)nc2)ccc1Br. The van der Waals surface area contributed by atoms with Crippen LogP contribution >= 0.6 is 15.9 Å². The number of aromatic nitrogens is 1. The largest absolute Gasteiger partial charge is 0.495 e. The second-order valence-corrected chi connectivity index (χ2v) is 6.52. The number of nitrogens with zero attached hydrogens (tertiary/aromatic N) is 1. The van der Waals surface area contributed by atoms with E-state index in [2.05, 4.69) is 31.1 Å². The van der Waals surface area contributed by atoms with Crippen molar-refractivity contribution in [3.8, 4) is 5.75 Å². The molecule has 0 aliphatic rings. The summed E-state index contributed by atoms with van der Waals surface area (Å²) in [5, 5.41) is 0. The molecule has 0 saturated carbocycles. The molecule has 9 heteroatoms. The molecule has 1 aromatic carbocycles. The highest BCUT2D eigenvalue weighted by atomic mass is 79.9. The van der Waals surface area contributed by atoms with Gasteiger partial charge in [0.15, 0.2) is 0 Å². The lowest BCUT2D eigenvalue weighted by Crippen LogP contribution is -2.14. The monoisotopic (exact) mass is 372 g/mol. The van der Waals surface area contributed by atoms with E-state index in [1.807, 2.05) is 0 Å². The van der Waals surface area contributed by atoms with Crippen LogP contribution in [0.3, 0.4) is 0 Å². The van der Waals surface area contributed by atoms with Gasteiger partial charge in [0.25, 0.3) is 10.0 Å². The zero-order valence-corrected chi connectivity index (χ0v) is 13.4. The molecule has 4 N–H and O–H groups in total. The third kappa shape index (κ3) is 3.63. The number of anilines is 2. The number of nitrogens with two attached hydrogens (primary N) is 1. The van der Waals surface area contributed by atoms with Crippen LogP contribution in [-0.2, 0) is 10.0 Å². The minimum Gasteiger partial charge on any atom is -0.495 e. The molecule has 0 radical (unpaired) electrons. The van der Waals surface area contributed by atoms with Crippen LogP contribution in [0.2, 0.25) is 0 Å². The fraction of sp³-hybridized carbons (Fsp3) is 0.0833. The third-order valence-electron chi connectivity index (χ3n) is 2.60. The van der Waals surface area contributed by atoms with Gasteiger partial charge in [-0.25, -0.2) is 19.2 Å². The second kappa shape index (κ2) is 6.29. The number of nitrogen functional groups attached to an aromatic ring is 1. The summed E-state index contributed by atoms with van der Waals surface area (Å²) in [6.07, 6.45) is 1.22. The summed E-state index contributed by atoms with van der Waals surface area (Å²) in [4.78, 5) is 3.90. The Balaban J connectivity index is 2.28. The number of rotatable bonds is 5. The summed E-state index contributed by atoms with van der Waals surface area (Å²) < 4.78 is 32.8. The zero-order valence-electron chi connectivity index (χ0n) is 11.0. The first-order valence-corrected chi connectivity index (χ1v) is 8.03. The summed E-state index contributed by atoms with van der Waals surface area (Å²) in [7, 11) is -2.23.